The highest BCUT2D eigenvalue weighted by molar-refractivity contribution is 6.46. The summed E-state index contributed by atoms with van der Waals surface area (Å²) in [6, 6.07) is 20.5. The van der Waals surface area contributed by atoms with E-state index < -0.39 is 0 Å². The van der Waals surface area contributed by atoms with Gasteiger partial charge in [-0.3, -0.25) is 9.59 Å². The van der Waals surface area contributed by atoms with E-state index in [4.69, 9.17) is 4.74 Å². The number of aryl methyl sites for hydroxylation is 2. The zero-order chi connectivity index (χ0) is 24.4. The molecule has 6 heteroatoms. The number of carbonyl (C=O) groups is 2. The van der Waals surface area contributed by atoms with Crippen molar-refractivity contribution in [1.82, 2.24) is 0 Å². The molecular weight excluding hydrogens is 426 g/mol. The molecule has 1 aliphatic rings. The highest BCUT2D eigenvalue weighted by atomic mass is 16.5. The van der Waals surface area contributed by atoms with Crippen molar-refractivity contribution in [3.05, 3.63) is 89.1 Å². The summed E-state index contributed by atoms with van der Waals surface area (Å²) in [5, 5.41) is 3.23. The molecule has 0 aliphatic carbocycles. The summed E-state index contributed by atoms with van der Waals surface area (Å²) in [4.78, 5) is 30.4. The monoisotopic (exact) mass is 455 g/mol. The molecule has 1 heterocycles. The molecule has 174 valence electrons. The third kappa shape index (κ3) is 4.39. The van der Waals surface area contributed by atoms with Gasteiger partial charge in [0.05, 0.1) is 17.9 Å². The third-order valence-corrected chi connectivity index (χ3v) is 5.94. The average molecular weight is 456 g/mol. The number of benzene rings is 3. The Morgan fingerprint density at radius 3 is 2.12 bits per heavy atom. The summed E-state index contributed by atoms with van der Waals surface area (Å²) in [6.45, 7) is 6.47. The van der Waals surface area contributed by atoms with Crippen LogP contribution in [-0.2, 0) is 9.59 Å². The van der Waals surface area contributed by atoms with Gasteiger partial charge < -0.3 is 15.0 Å². The first kappa shape index (κ1) is 23.1. The van der Waals surface area contributed by atoms with Gasteiger partial charge in [0, 0.05) is 25.5 Å². The molecule has 4 rings (SSSR count). The number of rotatable bonds is 7. The van der Waals surface area contributed by atoms with Crippen LogP contribution in [0.3, 0.4) is 0 Å². The van der Waals surface area contributed by atoms with Crippen molar-refractivity contribution in [2.45, 2.75) is 20.8 Å². The molecule has 6 nitrogen and oxygen atoms in total. The Bertz CT molecular complexity index is 1260. The summed E-state index contributed by atoms with van der Waals surface area (Å²) >= 11 is 0. The standard InChI is InChI=1S/C28H29N3O3/c1-6-34-24-15-13-23(14-16-24)31-27(32)25(20-8-7-18(2)19(3)17-20)26(28(31)33)29-21-9-11-22(12-10-21)30(4)5/h7-17,29H,6H2,1-5H3. The maximum atomic E-state index is 13.6. The highest BCUT2D eigenvalue weighted by Gasteiger charge is 2.40. The molecule has 0 spiro atoms. The van der Waals surface area contributed by atoms with Crippen LogP contribution in [-0.4, -0.2) is 32.5 Å². The van der Waals surface area contributed by atoms with Gasteiger partial charge in [0.25, 0.3) is 11.8 Å². The van der Waals surface area contributed by atoms with Gasteiger partial charge >= 0.3 is 0 Å². The van der Waals surface area contributed by atoms with E-state index in [-0.39, 0.29) is 17.5 Å². The first-order valence-electron chi connectivity index (χ1n) is 11.3. The number of amides is 2. The van der Waals surface area contributed by atoms with E-state index in [9.17, 15) is 9.59 Å². The zero-order valence-electron chi connectivity index (χ0n) is 20.2. The fraction of sp³-hybridized carbons (Fsp3) is 0.214. The van der Waals surface area contributed by atoms with E-state index in [1.165, 1.54) is 4.90 Å². The van der Waals surface area contributed by atoms with Crippen molar-refractivity contribution in [3.8, 4) is 5.75 Å². The van der Waals surface area contributed by atoms with Crippen molar-refractivity contribution in [3.63, 3.8) is 0 Å². The molecule has 3 aromatic rings. The van der Waals surface area contributed by atoms with E-state index in [0.717, 1.165) is 22.5 Å². The minimum atomic E-state index is -0.390. The summed E-state index contributed by atoms with van der Waals surface area (Å²) in [7, 11) is 3.94. The molecule has 34 heavy (non-hydrogen) atoms. The van der Waals surface area contributed by atoms with Gasteiger partial charge in [-0.05, 0) is 86.0 Å². The first-order valence-corrected chi connectivity index (χ1v) is 11.3. The molecule has 0 saturated carbocycles. The second kappa shape index (κ2) is 9.43. The molecule has 2 amide bonds. The predicted octanol–water partition coefficient (Wildman–Crippen LogP) is 5.16. The summed E-state index contributed by atoms with van der Waals surface area (Å²) in [6.07, 6.45) is 0. The second-order valence-corrected chi connectivity index (χ2v) is 8.49. The molecule has 0 atom stereocenters. The van der Waals surface area contributed by atoms with Gasteiger partial charge in [-0.1, -0.05) is 18.2 Å². The molecule has 1 aliphatic heterocycles. The maximum Gasteiger partial charge on any atom is 0.282 e. The van der Waals surface area contributed by atoms with Gasteiger partial charge in [-0.15, -0.1) is 0 Å². The second-order valence-electron chi connectivity index (χ2n) is 8.49. The average Bonchev–Trinajstić information content (AvgIpc) is 3.06. The predicted molar refractivity (Wildman–Crippen MR) is 137 cm³/mol. The fourth-order valence-corrected chi connectivity index (χ4v) is 3.89. The van der Waals surface area contributed by atoms with Crippen molar-refractivity contribution in [2.24, 2.45) is 0 Å². The SMILES string of the molecule is CCOc1ccc(N2C(=O)C(Nc3ccc(N(C)C)cc3)=C(c3ccc(C)c(C)c3)C2=O)cc1. The molecule has 0 aromatic heterocycles. The summed E-state index contributed by atoms with van der Waals surface area (Å²) < 4.78 is 5.50. The first-order chi connectivity index (χ1) is 16.3. The Kier molecular flexibility index (Phi) is 6.41. The van der Waals surface area contributed by atoms with E-state index in [0.29, 0.717) is 29.2 Å². The Morgan fingerprint density at radius 1 is 0.853 bits per heavy atom. The van der Waals surface area contributed by atoms with Crippen LogP contribution in [0.25, 0.3) is 5.57 Å². The number of hydrogen-bond donors (Lipinski definition) is 1. The molecule has 0 bridgehead atoms. The summed E-state index contributed by atoms with van der Waals surface area (Å²) in [5.41, 5.74) is 5.79. The number of hydrogen-bond acceptors (Lipinski definition) is 5. The molecule has 1 N–H and O–H groups in total. The Morgan fingerprint density at radius 2 is 1.53 bits per heavy atom. The van der Waals surface area contributed by atoms with Crippen LogP contribution in [0.2, 0.25) is 0 Å². The van der Waals surface area contributed by atoms with Gasteiger partial charge in [-0.2, -0.15) is 0 Å². The lowest BCUT2D eigenvalue weighted by molar-refractivity contribution is -0.120. The molecular formula is C28H29N3O3. The van der Waals surface area contributed by atoms with E-state index >= 15 is 0 Å². The Labute approximate surface area is 200 Å². The van der Waals surface area contributed by atoms with Crippen LogP contribution in [0.15, 0.2) is 72.4 Å². The van der Waals surface area contributed by atoms with Crippen molar-refractivity contribution in [1.29, 1.82) is 0 Å². The normalized spacial score (nSPS) is 13.5. The van der Waals surface area contributed by atoms with E-state index in [2.05, 4.69) is 5.32 Å². The lowest BCUT2D eigenvalue weighted by Crippen LogP contribution is -2.32. The number of ether oxygens (including phenoxy) is 1. The smallest absolute Gasteiger partial charge is 0.282 e. The topological polar surface area (TPSA) is 61.9 Å². The van der Waals surface area contributed by atoms with Crippen molar-refractivity contribution >= 4 is 34.4 Å². The van der Waals surface area contributed by atoms with Crippen LogP contribution in [0.5, 0.6) is 5.75 Å². The van der Waals surface area contributed by atoms with Crippen molar-refractivity contribution in [2.75, 3.05) is 35.8 Å². The minimum Gasteiger partial charge on any atom is -0.494 e. The fourth-order valence-electron chi connectivity index (χ4n) is 3.89. The highest BCUT2D eigenvalue weighted by Crippen LogP contribution is 2.35. The Balaban J connectivity index is 1.76. The molecule has 0 unspecified atom stereocenters. The zero-order valence-corrected chi connectivity index (χ0v) is 20.2. The van der Waals surface area contributed by atoms with Crippen LogP contribution < -0.4 is 19.9 Å². The molecule has 3 aromatic carbocycles. The van der Waals surface area contributed by atoms with E-state index in [1.807, 2.05) is 82.2 Å². The minimum absolute atomic E-state index is 0.264. The van der Waals surface area contributed by atoms with Crippen LogP contribution in [0.4, 0.5) is 17.1 Å². The Hall–Kier alpha value is -4.06. The summed E-state index contributed by atoms with van der Waals surface area (Å²) in [5.74, 6) is -0.0593. The number of anilines is 3. The van der Waals surface area contributed by atoms with Crippen LogP contribution >= 0.6 is 0 Å². The quantitative estimate of drug-likeness (QED) is 0.499. The van der Waals surface area contributed by atoms with Gasteiger partial charge in [0.1, 0.15) is 11.4 Å². The number of nitrogens with one attached hydrogen (secondary N) is 1. The van der Waals surface area contributed by atoms with Crippen LogP contribution in [0, 0.1) is 13.8 Å². The maximum absolute atomic E-state index is 13.6. The molecule has 0 radical (unpaired) electrons. The number of carbonyl (C=O) groups excluding carboxylic acids is 2. The molecule has 0 fully saturated rings. The number of imide groups is 1. The third-order valence-electron chi connectivity index (χ3n) is 5.94. The lowest BCUT2D eigenvalue weighted by atomic mass is 9.99. The van der Waals surface area contributed by atoms with Crippen LogP contribution in [0.1, 0.15) is 23.6 Å². The largest absolute Gasteiger partial charge is 0.494 e. The van der Waals surface area contributed by atoms with Crippen molar-refractivity contribution < 1.29 is 14.3 Å². The lowest BCUT2D eigenvalue weighted by Gasteiger charge is -2.16. The van der Waals surface area contributed by atoms with Gasteiger partial charge in [-0.25, -0.2) is 4.90 Å². The van der Waals surface area contributed by atoms with E-state index in [1.54, 1.807) is 24.3 Å². The number of nitrogens with zero attached hydrogens (tertiary/aromatic N) is 2. The van der Waals surface area contributed by atoms with Gasteiger partial charge in [0.2, 0.25) is 0 Å². The van der Waals surface area contributed by atoms with Gasteiger partial charge in [0.15, 0.2) is 0 Å². The molecule has 0 saturated heterocycles.